The van der Waals surface area contributed by atoms with Gasteiger partial charge in [-0.2, -0.15) is 0 Å². The van der Waals surface area contributed by atoms with E-state index in [1.165, 1.54) is 0 Å². The summed E-state index contributed by atoms with van der Waals surface area (Å²) in [5, 5.41) is 0. The molecule has 3 atom stereocenters. The Morgan fingerprint density at radius 2 is 2.11 bits per heavy atom. The van der Waals surface area contributed by atoms with Crippen LogP contribution in [0.25, 0.3) is 0 Å². The van der Waals surface area contributed by atoms with Crippen molar-refractivity contribution in [3.63, 3.8) is 0 Å². The minimum atomic E-state index is -0.473. The summed E-state index contributed by atoms with van der Waals surface area (Å²) in [4.78, 5) is 12.0. The predicted octanol–water partition coefficient (Wildman–Crippen LogP) is 3.87. The Morgan fingerprint density at radius 3 is 2.63 bits per heavy atom. The molecule has 0 saturated heterocycles. The van der Waals surface area contributed by atoms with Gasteiger partial charge in [-0.05, 0) is 45.4 Å². The van der Waals surface area contributed by atoms with Gasteiger partial charge in [0.15, 0.2) is 0 Å². The van der Waals surface area contributed by atoms with Crippen LogP contribution >= 0.6 is 0 Å². The lowest BCUT2D eigenvalue weighted by Crippen LogP contribution is -2.54. The van der Waals surface area contributed by atoms with Gasteiger partial charge in [-0.15, -0.1) is 0 Å². The molecule has 0 aromatic carbocycles. The van der Waals surface area contributed by atoms with E-state index < -0.39 is 5.60 Å². The lowest BCUT2D eigenvalue weighted by Gasteiger charge is -2.46. The molecule has 0 aromatic rings. The zero-order valence-electron chi connectivity index (χ0n) is 12.8. The third-order valence-electron chi connectivity index (χ3n) is 4.27. The molecule has 0 N–H and O–H groups in total. The molecule has 1 saturated carbocycles. The largest absolute Gasteiger partial charge is 0.453 e. The molecule has 3 heteroatoms. The number of carbonyl (C=O) groups is 1. The Kier molecular flexibility index (Phi) is 6.05. The summed E-state index contributed by atoms with van der Waals surface area (Å²) in [5.41, 5.74) is -0.0116. The fourth-order valence-electron chi connectivity index (χ4n) is 2.95. The average molecular weight is 268 g/mol. The van der Waals surface area contributed by atoms with E-state index >= 15 is 0 Å². The maximum atomic E-state index is 12.0. The van der Waals surface area contributed by atoms with E-state index in [2.05, 4.69) is 20.4 Å². The zero-order chi connectivity index (χ0) is 14.5. The summed E-state index contributed by atoms with van der Waals surface area (Å²) in [6, 6.07) is 0. The molecule has 1 fully saturated rings. The SMILES string of the molecule is C=C(C)C(=O)OC1(C(C)CC)CCCCC1OCC. The Hall–Kier alpha value is -0.830. The molecule has 0 amide bonds. The summed E-state index contributed by atoms with van der Waals surface area (Å²) in [6.45, 7) is 12.3. The maximum Gasteiger partial charge on any atom is 0.333 e. The van der Waals surface area contributed by atoms with Gasteiger partial charge in [0.05, 0.1) is 6.10 Å². The third-order valence-corrected chi connectivity index (χ3v) is 4.27. The molecule has 1 aliphatic carbocycles. The zero-order valence-corrected chi connectivity index (χ0v) is 12.8. The van der Waals surface area contributed by atoms with E-state index in [1.54, 1.807) is 6.92 Å². The quantitative estimate of drug-likeness (QED) is 0.542. The maximum absolute atomic E-state index is 12.0. The molecular formula is C16H28O3. The van der Waals surface area contributed by atoms with Crippen LogP contribution in [-0.4, -0.2) is 24.3 Å². The summed E-state index contributed by atoms with van der Waals surface area (Å²) < 4.78 is 11.8. The topological polar surface area (TPSA) is 35.5 Å². The lowest BCUT2D eigenvalue weighted by molar-refractivity contribution is -0.197. The second-order valence-electron chi connectivity index (χ2n) is 5.62. The molecule has 0 bridgehead atoms. The fourth-order valence-corrected chi connectivity index (χ4v) is 2.95. The van der Waals surface area contributed by atoms with Crippen LogP contribution in [-0.2, 0) is 14.3 Å². The van der Waals surface area contributed by atoms with Crippen molar-refractivity contribution in [2.45, 2.75) is 71.5 Å². The smallest absolute Gasteiger partial charge is 0.333 e. The van der Waals surface area contributed by atoms with Gasteiger partial charge in [-0.3, -0.25) is 0 Å². The first-order valence-corrected chi connectivity index (χ1v) is 7.48. The van der Waals surface area contributed by atoms with Gasteiger partial charge in [0, 0.05) is 12.2 Å². The minimum absolute atomic E-state index is 0.0181. The summed E-state index contributed by atoms with van der Waals surface area (Å²) in [6.07, 6.45) is 5.11. The lowest BCUT2D eigenvalue weighted by atomic mass is 9.73. The predicted molar refractivity (Wildman–Crippen MR) is 77.0 cm³/mol. The van der Waals surface area contributed by atoms with Crippen LogP contribution in [0, 0.1) is 5.92 Å². The highest BCUT2D eigenvalue weighted by Crippen LogP contribution is 2.41. The standard InChI is InChI=1S/C16H28O3/c1-6-13(5)16(19-15(17)12(3)4)11-9-8-10-14(16)18-7-2/h13-14H,3,6-11H2,1-2,4-5H3. The van der Waals surface area contributed by atoms with Crippen molar-refractivity contribution >= 4 is 5.97 Å². The normalized spacial score (nSPS) is 28.7. The van der Waals surface area contributed by atoms with Crippen LogP contribution in [0.2, 0.25) is 0 Å². The molecule has 3 nitrogen and oxygen atoms in total. The first kappa shape index (κ1) is 16.2. The molecule has 0 spiro atoms. The minimum Gasteiger partial charge on any atom is -0.453 e. The molecular weight excluding hydrogens is 240 g/mol. The first-order valence-electron chi connectivity index (χ1n) is 7.48. The van der Waals surface area contributed by atoms with E-state index in [1.807, 2.05) is 6.92 Å². The number of ether oxygens (including phenoxy) is 2. The van der Waals surface area contributed by atoms with Crippen molar-refractivity contribution in [2.24, 2.45) is 5.92 Å². The van der Waals surface area contributed by atoms with Crippen molar-refractivity contribution in [3.05, 3.63) is 12.2 Å². The molecule has 1 rings (SSSR count). The second kappa shape index (κ2) is 7.09. The van der Waals surface area contributed by atoms with E-state index in [4.69, 9.17) is 9.47 Å². The van der Waals surface area contributed by atoms with Gasteiger partial charge < -0.3 is 9.47 Å². The van der Waals surface area contributed by atoms with Gasteiger partial charge in [-0.25, -0.2) is 4.79 Å². The van der Waals surface area contributed by atoms with Gasteiger partial charge in [0.2, 0.25) is 0 Å². The summed E-state index contributed by atoms with van der Waals surface area (Å²) >= 11 is 0. The Labute approximate surface area is 117 Å². The van der Waals surface area contributed by atoms with Gasteiger partial charge >= 0.3 is 5.97 Å². The molecule has 1 aliphatic rings. The Morgan fingerprint density at radius 1 is 1.42 bits per heavy atom. The van der Waals surface area contributed by atoms with Crippen LogP contribution in [0.5, 0.6) is 0 Å². The Balaban J connectivity index is 3.00. The molecule has 110 valence electrons. The van der Waals surface area contributed by atoms with Crippen molar-refractivity contribution in [1.29, 1.82) is 0 Å². The third kappa shape index (κ3) is 3.59. The van der Waals surface area contributed by atoms with Gasteiger partial charge in [-0.1, -0.05) is 26.8 Å². The molecule has 3 unspecified atom stereocenters. The number of carbonyl (C=O) groups excluding carboxylic acids is 1. The average Bonchev–Trinajstić information content (AvgIpc) is 2.40. The van der Waals surface area contributed by atoms with E-state index in [9.17, 15) is 4.79 Å². The van der Waals surface area contributed by atoms with E-state index in [0.717, 1.165) is 32.1 Å². The van der Waals surface area contributed by atoms with Crippen LogP contribution < -0.4 is 0 Å². The van der Waals surface area contributed by atoms with Gasteiger partial charge in [0.1, 0.15) is 5.60 Å². The highest BCUT2D eigenvalue weighted by atomic mass is 16.6. The number of rotatable bonds is 6. The number of esters is 1. The number of hydrogen-bond donors (Lipinski definition) is 0. The van der Waals surface area contributed by atoms with Crippen molar-refractivity contribution in [3.8, 4) is 0 Å². The highest BCUT2D eigenvalue weighted by Gasteiger charge is 2.48. The number of hydrogen-bond acceptors (Lipinski definition) is 3. The van der Waals surface area contributed by atoms with Crippen LogP contribution in [0.3, 0.4) is 0 Å². The second-order valence-corrected chi connectivity index (χ2v) is 5.62. The van der Waals surface area contributed by atoms with E-state index in [0.29, 0.717) is 18.1 Å². The van der Waals surface area contributed by atoms with Crippen molar-refractivity contribution < 1.29 is 14.3 Å². The first-order chi connectivity index (χ1) is 8.97. The van der Waals surface area contributed by atoms with Crippen molar-refractivity contribution in [2.75, 3.05) is 6.61 Å². The summed E-state index contributed by atoms with van der Waals surface area (Å²) in [5.74, 6) is 0.0135. The molecule has 0 aromatic heterocycles. The summed E-state index contributed by atoms with van der Waals surface area (Å²) in [7, 11) is 0. The highest BCUT2D eigenvalue weighted by molar-refractivity contribution is 5.87. The van der Waals surface area contributed by atoms with Crippen molar-refractivity contribution in [1.82, 2.24) is 0 Å². The molecule has 0 heterocycles. The van der Waals surface area contributed by atoms with Crippen LogP contribution in [0.1, 0.15) is 59.8 Å². The molecule has 0 aliphatic heterocycles. The van der Waals surface area contributed by atoms with Crippen LogP contribution in [0.15, 0.2) is 12.2 Å². The molecule has 19 heavy (non-hydrogen) atoms. The monoisotopic (exact) mass is 268 g/mol. The fraction of sp³-hybridized carbons (Fsp3) is 0.812. The van der Waals surface area contributed by atoms with Crippen LogP contribution in [0.4, 0.5) is 0 Å². The van der Waals surface area contributed by atoms with E-state index in [-0.39, 0.29) is 12.1 Å². The van der Waals surface area contributed by atoms with Gasteiger partial charge in [0.25, 0.3) is 0 Å². The Bertz CT molecular complexity index is 322. The molecule has 0 radical (unpaired) electrons.